The summed E-state index contributed by atoms with van der Waals surface area (Å²) in [5.74, 6) is -0.782. The molecule has 1 aromatic carbocycles. The van der Waals surface area contributed by atoms with Crippen molar-refractivity contribution >= 4 is 31.9 Å². The molecule has 110 valence electrons. The van der Waals surface area contributed by atoms with Crippen molar-refractivity contribution in [3.8, 4) is 0 Å². The van der Waals surface area contributed by atoms with Crippen molar-refractivity contribution in [2.24, 2.45) is 0 Å². The predicted molar refractivity (Wildman–Crippen MR) is 76.4 cm³/mol. The van der Waals surface area contributed by atoms with Crippen LogP contribution in [0.5, 0.6) is 0 Å². The minimum absolute atomic E-state index is 0.263. The Morgan fingerprint density at radius 3 is 2.35 bits per heavy atom. The Morgan fingerprint density at radius 2 is 1.85 bits per heavy atom. The number of piperazine rings is 1. The summed E-state index contributed by atoms with van der Waals surface area (Å²) in [5, 5.41) is 0. The molecule has 0 N–H and O–H groups in total. The molecular weight excluding hydrogens is 351 g/mol. The van der Waals surface area contributed by atoms with Gasteiger partial charge in [0, 0.05) is 31.7 Å². The molecule has 1 fully saturated rings. The quantitative estimate of drug-likeness (QED) is 0.794. The lowest BCUT2D eigenvalue weighted by Gasteiger charge is -2.33. The van der Waals surface area contributed by atoms with Gasteiger partial charge in [0.1, 0.15) is 5.82 Å². The molecule has 1 aliphatic rings. The first-order valence-electron chi connectivity index (χ1n) is 5.98. The monoisotopic (exact) mass is 364 g/mol. The fourth-order valence-corrected chi connectivity index (χ4v) is 3.11. The maximum atomic E-state index is 13.4. The van der Waals surface area contributed by atoms with E-state index in [1.165, 1.54) is 21.3 Å². The first kappa shape index (κ1) is 15.4. The molecule has 0 saturated carbocycles. The van der Waals surface area contributed by atoms with Gasteiger partial charge in [-0.15, -0.1) is 0 Å². The number of hydrogen-bond donors (Lipinski definition) is 0. The maximum Gasteiger partial charge on any atom is 0.254 e. The second-order valence-electron chi connectivity index (χ2n) is 4.58. The van der Waals surface area contributed by atoms with E-state index in [-0.39, 0.29) is 24.6 Å². The predicted octanol–water partition coefficient (Wildman–Crippen LogP) is 1.31. The van der Waals surface area contributed by atoms with Gasteiger partial charge in [-0.25, -0.2) is 12.8 Å². The molecule has 2 rings (SSSR count). The Hall–Kier alpha value is -0.990. The number of nitrogens with zero attached hydrogens (tertiary/aromatic N) is 2. The van der Waals surface area contributed by atoms with Crippen LogP contribution in [0.2, 0.25) is 0 Å². The Bertz CT molecular complexity index is 628. The molecule has 1 heterocycles. The molecule has 0 aliphatic carbocycles. The number of carbonyl (C=O) groups excluding carboxylic acids is 1. The molecule has 8 heteroatoms. The molecule has 5 nitrogen and oxygen atoms in total. The minimum atomic E-state index is -3.22. The maximum absolute atomic E-state index is 13.4. The fraction of sp³-hybridized carbons (Fsp3) is 0.417. The van der Waals surface area contributed by atoms with Crippen LogP contribution >= 0.6 is 15.9 Å². The first-order chi connectivity index (χ1) is 9.29. The van der Waals surface area contributed by atoms with Crippen LogP contribution in [-0.4, -0.2) is 56.0 Å². The van der Waals surface area contributed by atoms with E-state index < -0.39 is 15.8 Å². The van der Waals surface area contributed by atoms with Crippen LogP contribution in [0.3, 0.4) is 0 Å². The number of amides is 1. The molecule has 0 aromatic heterocycles. The van der Waals surface area contributed by atoms with Crippen LogP contribution < -0.4 is 0 Å². The molecule has 20 heavy (non-hydrogen) atoms. The topological polar surface area (TPSA) is 57.7 Å². The van der Waals surface area contributed by atoms with Gasteiger partial charge in [-0.05, 0) is 34.1 Å². The normalized spacial score (nSPS) is 17.2. The molecule has 1 amide bonds. The van der Waals surface area contributed by atoms with Gasteiger partial charge in [0.25, 0.3) is 5.91 Å². The second kappa shape index (κ2) is 5.79. The van der Waals surface area contributed by atoms with Crippen LogP contribution in [0.1, 0.15) is 10.4 Å². The molecule has 1 aromatic rings. The summed E-state index contributed by atoms with van der Waals surface area (Å²) in [6.07, 6.45) is 1.15. The van der Waals surface area contributed by atoms with Crippen molar-refractivity contribution in [2.75, 3.05) is 32.4 Å². The third kappa shape index (κ3) is 3.36. The third-order valence-corrected chi connectivity index (χ3v) is 5.11. The zero-order valence-corrected chi connectivity index (χ0v) is 13.2. The summed E-state index contributed by atoms with van der Waals surface area (Å²) in [6.45, 7) is 1.15. The molecule has 0 unspecified atom stereocenters. The second-order valence-corrected chi connectivity index (χ2v) is 7.42. The highest BCUT2D eigenvalue weighted by atomic mass is 79.9. The van der Waals surface area contributed by atoms with E-state index in [4.69, 9.17) is 0 Å². The van der Waals surface area contributed by atoms with E-state index >= 15 is 0 Å². The van der Waals surface area contributed by atoms with Crippen molar-refractivity contribution in [3.63, 3.8) is 0 Å². The van der Waals surface area contributed by atoms with E-state index in [1.54, 1.807) is 6.07 Å². The highest BCUT2D eigenvalue weighted by Gasteiger charge is 2.26. The van der Waals surface area contributed by atoms with Gasteiger partial charge in [0.15, 0.2) is 0 Å². The summed E-state index contributed by atoms with van der Waals surface area (Å²) in [5.41, 5.74) is 0.263. The van der Waals surface area contributed by atoms with Crippen molar-refractivity contribution in [1.82, 2.24) is 9.21 Å². The van der Waals surface area contributed by atoms with E-state index in [2.05, 4.69) is 15.9 Å². The average molecular weight is 365 g/mol. The van der Waals surface area contributed by atoms with Gasteiger partial charge in [-0.1, -0.05) is 0 Å². The molecular formula is C12H14BrFN2O3S. The smallest absolute Gasteiger partial charge is 0.254 e. The van der Waals surface area contributed by atoms with Crippen molar-refractivity contribution in [3.05, 3.63) is 34.1 Å². The number of hydrogen-bond acceptors (Lipinski definition) is 3. The molecule has 0 radical (unpaired) electrons. The molecule has 0 bridgehead atoms. The van der Waals surface area contributed by atoms with Crippen molar-refractivity contribution in [1.29, 1.82) is 0 Å². The van der Waals surface area contributed by atoms with E-state index in [9.17, 15) is 17.6 Å². The van der Waals surface area contributed by atoms with E-state index in [0.29, 0.717) is 17.6 Å². The highest BCUT2D eigenvalue weighted by Crippen LogP contribution is 2.18. The van der Waals surface area contributed by atoms with E-state index in [1.807, 2.05) is 0 Å². The average Bonchev–Trinajstić information content (AvgIpc) is 2.40. The molecule has 0 atom stereocenters. The highest BCUT2D eigenvalue weighted by molar-refractivity contribution is 9.10. The fourth-order valence-electron chi connectivity index (χ4n) is 2.03. The van der Waals surface area contributed by atoms with Crippen molar-refractivity contribution < 1.29 is 17.6 Å². The first-order valence-corrected chi connectivity index (χ1v) is 8.62. The SMILES string of the molecule is CS(=O)(=O)N1CCN(C(=O)c2ccc(Br)c(F)c2)CC1. The Labute approximate surface area is 125 Å². The summed E-state index contributed by atoms with van der Waals surface area (Å²) in [4.78, 5) is 13.7. The largest absolute Gasteiger partial charge is 0.336 e. The summed E-state index contributed by atoms with van der Waals surface area (Å²) in [7, 11) is -3.22. The van der Waals surface area contributed by atoms with Gasteiger partial charge >= 0.3 is 0 Å². The molecule has 0 spiro atoms. The standard InChI is InChI=1S/C12H14BrFN2O3S/c1-20(18,19)16-6-4-15(5-7-16)12(17)9-2-3-10(13)11(14)8-9/h2-3,8H,4-7H2,1H3. The minimum Gasteiger partial charge on any atom is -0.336 e. The lowest BCUT2D eigenvalue weighted by atomic mass is 10.2. The number of sulfonamides is 1. The summed E-state index contributed by atoms with van der Waals surface area (Å²) in [6, 6.07) is 4.20. The third-order valence-electron chi connectivity index (χ3n) is 3.16. The van der Waals surface area contributed by atoms with E-state index in [0.717, 1.165) is 6.26 Å². The Kier molecular flexibility index (Phi) is 4.46. The molecule has 1 saturated heterocycles. The number of carbonyl (C=O) groups is 1. The van der Waals surface area contributed by atoms with Crippen LogP contribution in [-0.2, 0) is 10.0 Å². The van der Waals surface area contributed by atoms with Gasteiger partial charge in [0.2, 0.25) is 10.0 Å². The van der Waals surface area contributed by atoms with Crippen LogP contribution in [0.15, 0.2) is 22.7 Å². The van der Waals surface area contributed by atoms with Crippen LogP contribution in [0.4, 0.5) is 4.39 Å². The Balaban J connectivity index is 2.07. The molecule has 1 aliphatic heterocycles. The van der Waals surface area contributed by atoms with Crippen LogP contribution in [0, 0.1) is 5.82 Å². The zero-order valence-electron chi connectivity index (χ0n) is 10.8. The van der Waals surface area contributed by atoms with Gasteiger partial charge in [-0.2, -0.15) is 4.31 Å². The number of rotatable bonds is 2. The van der Waals surface area contributed by atoms with Gasteiger partial charge in [-0.3, -0.25) is 4.79 Å². The lowest BCUT2D eigenvalue weighted by molar-refractivity contribution is 0.0697. The van der Waals surface area contributed by atoms with Crippen molar-refractivity contribution in [2.45, 2.75) is 0 Å². The lowest BCUT2D eigenvalue weighted by Crippen LogP contribution is -2.50. The Morgan fingerprint density at radius 1 is 1.25 bits per heavy atom. The summed E-state index contributed by atoms with van der Waals surface area (Å²) < 4.78 is 37.8. The van der Waals surface area contributed by atoms with Gasteiger partial charge < -0.3 is 4.90 Å². The number of halogens is 2. The number of benzene rings is 1. The zero-order chi connectivity index (χ0) is 14.9. The van der Waals surface area contributed by atoms with Crippen LogP contribution in [0.25, 0.3) is 0 Å². The summed E-state index contributed by atoms with van der Waals surface area (Å²) >= 11 is 3.03. The van der Waals surface area contributed by atoms with Gasteiger partial charge in [0.05, 0.1) is 10.7 Å².